The average molecular weight is 507 g/mol. The first-order chi connectivity index (χ1) is 14.7. The first kappa shape index (κ1) is 25.5. The average Bonchev–Trinajstić information content (AvgIpc) is 2.72. The van der Waals surface area contributed by atoms with Crippen molar-refractivity contribution < 1.29 is 22.7 Å². The Morgan fingerprint density at radius 2 is 1.74 bits per heavy atom. The number of ether oxygens (including phenoxy) is 2. The van der Waals surface area contributed by atoms with Crippen LogP contribution in [0.15, 0.2) is 36.4 Å². The molecule has 0 atom stereocenters. The van der Waals surface area contributed by atoms with Crippen molar-refractivity contribution in [2.45, 2.75) is 5.75 Å². The third-order valence-corrected chi connectivity index (χ3v) is 7.05. The number of nitrogens with one attached hydrogen (secondary N) is 1. The molecule has 0 aliphatic carbocycles. The van der Waals surface area contributed by atoms with Crippen molar-refractivity contribution in [1.82, 2.24) is 5.32 Å². The molecule has 0 unspecified atom stereocenters. The molecule has 2 aromatic rings. The van der Waals surface area contributed by atoms with Gasteiger partial charge in [0, 0.05) is 34.2 Å². The largest absolute Gasteiger partial charge is 0.493 e. The smallest absolute Gasteiger partial charge is 0.240 e. The highest BCUT2D eigenvalue weighted by atomic mass is 35.5. The van der Waals surface area contributed by atoms with E-state index in [9.17, 15) is 13.2 Å². The fourth-order valence-corrected chi connectivity index (χ4v) is 5.12. The van der Waals surface area contributed by atoms with Crippen LogP contribution in [-0.4, -0.2) is 53.6 Å². The predicted molar refractivity (Wildman–Crippen MR) is 127 cm³/mol. The zero-order valence-corrected chi connectivity index (χ0v) is 20.5. The number of anilines is 1. The zero-order valence-electron chi connectivity index (χ0n) is 17.4. The van der Waals surface area contributed by atoms with Gasteiger partial charge in [0.1, 0.15) is 6.54 Å². The van der Waals surface area contributed by atoms with Crippen molar-refractivity contribution in [3.8, 4) is 11.5 Å². The Hall–Kier alpha value is -1.81. The number of hydrogen-bond acceptors (Lipinski definition) is 6. The van der Waals surface area contributed by atoms with Crippen LogP contribution in [0.3, 0.4) is 0 Å². The molecule has 2 aromatic carbocycles. The number of methoxy groups -OCH3 is 2. The number of amides is 1. The quantitative estimate of drug-likeness (QED) is 0.466. The van der Waals surface area contributed by atoms with Gasteiger partial charge in [0.05, 0.1) is 26.2 Å². The van der Waals surface area contributed by atoms with Gasteiger partial charge in [-0.25, -0.2) is 8.42 Å². The Morgan fingerprint density at radius 1 is 1.10 bits per heavy atom. The number of hydrogen-bond donors (Lipinski definition) is 1. The van der Waals surface area contributed by atoms with Crippen molar-refractivity contribution in [2.24, 2.45) is 0 Å². The van der Waals surface area contributed by atoms with Gasteiger partial charge in [-0.05, 0) is 29.8 Å². The lowest BCUT2D eigenvalue weighted by Gasteiger charge is -2.23. The van der Waals surface area contributed by atoms with Crippen LogP contribution in [0.2, 0.25) is 10.0 Å². The van der Waals surface area contributed by atoms with E-state index < -0.39 is 15.9 Å². The lowest BCUT2D eigenvalue weighted by atomic mass is 10.2. The normalized spacial score (nSPS) is 11.1. The summed E-state index contributed by atoms with van der Waals surface area (Å²) >= 11 is 13.9. The molecule has 0 aliphatic rings. The molecule has 0 aliphatic heterocycles. The molecule has 0 saturated heterocycles. The second-order valence-corrected chi connectivity index (χ2v) is 10.2. The number of benzene rings is 2. The molecule has 1 N–H and O–H groups in total. The summed E-state index contributed by atoms with van der Waals surface area (Å²) in [7, 11) is -0.763. The fourth-order valence-electron chi connectivity index (χ4n) is 2.67. The molecule has 31 heavy (non-hydrogen) atoms. The van der Waals surface area contributed by atoms with E-state index in [-0.39, 0.29) is 6.54 Å². The summed E-state index contributed by atoms with van der Waals surface area (Å²) < 4.78 is 35.9. The van der Waals surface area contributed by atoms with Gasteiger partial charge < -0.3 is 14.8 Å². The van der Waals surface area contributed by atoms with Crippen molar-refractivity contribution in [2.75, 3.05) is 43.6 Å². The lowest BCUT2D eigenvalue weighted by molar-refractivity contribution is -0.119. The molecule has 0 bridgehead atoms. The van der Waals surface area contributed by atoms with Crippen LogP contribution in [0.5, 0.6) is 11.5 Å². The fraction of sp³-hybridized carbons (Fsp3) is 0.350. The first-order valence-electron chi connectivity index (χ1n) is 9.14. The molecule has 0 aromatic heterocycles. The summed E-state index contributed by atoms with van der Waals surface area (Å²) in [4.78, 5) is 12.4. The summed E-state index contributed by atoms with van der Waals surface area (Å²) in [5.74, 6) is 1.62. The Kier molecular flexibility index (Phi) is 9.61. The van der Waals surface area contributed by atoms with Crippen molar-refractivity contribution in [3.63, 3.8) is 0 Å². The number of halogens is 2. The van der Waals surface area contributed by atoms with Crippen LogP contribution in [0.25, 0.3) is 0 Å². The lowest BCUT2D eigenvalue weighted by Crippen LogP contribution is -2.41. The van der Waals surface area contributed by atoms with Gasteiger partial charge in [-0.1, -0.05) is 29.3 Å². The van der Waals surface area contributed by atoms with Crippen molar-refractivity contribution in [1.29, 1.82) is 0 Å². The topological polar surface area (TPSA) is 84.9 Å². The minimum Gasteiger partial charge on any atom is -0.493 e. The van der Waals surface area contributed by atoms with E-state index in [0.717, 1.165) is 16.1 Å². The number of thioether (sulfide) groups is 1. The van der Waals surface area contributed by atoms with E-state index in [4.69, 9.17) is 32.7 Å². The van der Waals surface area contributed by atoms with Crippen LogP contribution in [0, 0.1) is 0 Å². The van der Waals surface area contributed by atoms with Gasteiger partial charge in [0.2, 0.25) is 15.9 Å². The van der Waals surface area contributed by atoms with E-state index in [1.54, 1.807) is 42.1 Å². The summed E-state index contributed by atoms with van der Waals surface area (Å²) in [5, 5.41) is 3.93. The van der Waals surface area contributed by atoms with Crippen LogP contribution >= 0.6 is 35.0 Å². The van der Waals surface area contributed by atoms with Gasteiger partial charge in [-0.15, -0.1) is 0 Å². The summed E-state index contributed by atoms with van der Waals surface area (Å²) in [6.45, 7) is 0.0183. The van der Waals surface area contributed by atoms with Gasteiger partial charge in [-0.2, -0.15) is 11.8 Å². The molecule has 7 nitrogen and oxygen atoms in total. The Bertz CT molecular complexity index is 998. The number of carbonyl (C=O) groups is 1. The maximum absolute atomic E-state index is 12.4. The molecule has 170 valence electrons. The third kappa shape index (κ3) is 7.38. The van der Waals surface area contributed by atoms with E-state index in [1.165, 1.54) is 20.3 Å². The first-order valence-corrected chi connectivity index (χ1v) is 12.9. The molecular weight excluding hydrogens is 483 g/mol. The SMILES string of the molecule is COc1ccc(N(CC(=O)NCCSCc2c(Cl)cccc2Cl)S(C)(=O)=O)cc1OC. The Balaban J connectivity index is 1.93. The summed E-state index contributed by atoms with van der Waals surface area (Å²) in [6, 6.07) is 9.99. The third-order valence-electron chi connectivity index (χ3n) is 4.22. The highest BCUT2D eigenvalue weighted by Gasteiger charge is 2.22. The van der Waals surface area contributed by atoms with E-state index in [0.29, 0.717) is 45.3 Å². The molecule has 11 heteroatoms. The molecule has 0 radical (unpaired) electrons. The van der Waals surface area contributed by atoms with E-state index in [2.05, 4.69) is 5.32 Å². The second-order valence-electron chi connectivity index (χ2n) is 6.41. The summed E-state index contributed by atoms with van der Waals surface area (Å²) in [5.41, 5.74) is 1.15. The van der Waals surface area contributed by atoms with E-state index >= 15 is 0 Å². The molecular formula is C20H24Cl2N2O5S2. The second kappa shape index (κ2) is 11.7. The van der Waals surface area contributed by atoms with Gasteiger partial charge in [-0.3, -0.25) is 9.10 Å². The van der Waals surface area contributed by atoms with Crippen molar-refractivity contribution >= 4 is 56.6 Å². The van der Waals surface area contributed by atoms with Gasteiger partial charge in [0.15, 0.2) is 11.5 Å². The maximum Gasteiger partial charge on any atom is 0.240 e. The number of carbonyl (C=O) groups excluding carboxylic acids is 1. The minimum atomic E-state index is -3.70. The van der Waals surface area contributed by atoms with E-state index in [1.807, 2.05) is 0 Å². The monoisotopic (exact) mass is 506 g/mol. The number of sulfonamides is 1. The highest BCUT2D eigenvalue weighted by molar-refractivity contribution is 7.98. The minimum absolute atomic E-state index is 0.304. The number of nitrogens with zero attached hydrogens (tertiary/aromatic N) is 1. The zero-order chi connectivity index (χ0) is 23.0. The summed E-state index contributed by atoms with van der Waals surface area (Å²) in [6.07, 6.45) is 1.04. The molecule has 0 fully saturated rings. The standard InChI is InChI=1S/C20H24Cl2N2O5S2/c1-28-18-8-7-14(11-19(18)29-2)24(31(3,26)27)12-20(25)23-9-10-30-13-15-16(21)5-4-6-17(15)22/h4-8,11H,9-10,12-13H2,1-3H3,(H,23,25). The van der Waals surface area contributed by atoms with Gasteiger partial charge in [0.25, 0.3) is 0 Å². The molecule has 2 rings (SSSR count). The van der Waals surface area contributed by atoms with Gasteiger partial charge >= 0.3 is 0 Å². The van der Waals surface area contributed by atoms with Crippen LogP contribution < -0.4 is 19.1 Å². The molecule has 0 heterocycles. The number of rotatable bonds is 11. The van der Waals surface area contributed by atoms with Crippen LogP contribution in [-0.2, 0) is 20.6 Å². The maximum atomic E-state index is 12.4. The molecule has 0 spiro atoms. The van der Waals surface area contributed by atoms with Crippen LogP contribution in [0.1, 0.15) is 5.56 Å². The molecule has 0 saturated carbocycles. The molecule has 1 amide bonds. The Labute approximate surface area is 197 Å². The van der Waals surface area contributed by atoms with Crippen LogP contribution in [0.4, 0.5) is 5.69 Å². The highest BCUT2D eigenvalue weighted by Crippen LogP contribution is 2.32. The van der Waals surface area contributed by atoms with Crippen molar-refractivity contribution in [3.05, 3.63) is 52.0 Å². The predicted octanol–water partition coefficient (Wildman–Crippen LogP) is 3.83. The Morgan fingerprint density at radius 3 is 2.32 bits per heavy atom.